The van der Waals surface area contributed by atoms with Gasteiger partial charge in [-0.1, -0.05) is 37.6 Å². The second-order valence-corrected chi connectivity index (χ2v) is 6.48. The first kappa shape index (κ1) is 18.8. The van der Waals surface area contributed by atoms with Crippen LogP contribution in [0.3, 0.4) is 0 Å². The van der Waals surface area contributed by atoms with Crippen LogP contribution < -0.4 is 16.0 Å². The Morgan fingerprint density at radius 3 is 1.88 bits per heavy atom. The van der Waals surface area contributed by atoms with Gasteiger partial charge in [-0.2, -0.15) is 0 Å². The zero-order chi connectivity index (χ0) is 18.4. The van der Waals surface area contributed by atoms with Crippen LogP contribution >= 0.6 is 11.6 Å². The van der Waals surface area contributed by atoms with Crippen LogP contribution in [0.1, 0.15) is 25.3 Å². The summed E-state index contributed by atoms with van der Waals surface area (Å²) in [5, 5.41) is 8.72. The van der Waals surface area contributed by atoms with Crippen molar-refractivity contribution < 1.29 is 9.59 Å². The Labute approximate surface area is 152 Å². The summed E-state index contributed by atoms with van der Waals surface area (Å²) in [7, 11) is 1.55. The van der Waals surface area contributed by atoms with Crippen molar-refractivity contribution in [2.24, 2.45) is 5.92 Å². The molecule has 0 heterocycles. The van der Waals surface area contributed by atoms with Crippen molar-refractivity contribution in [3.63, 3.8) is 0 Å². The van der Waals surface area contributed by atoms with Crippen LogP contribution in [0.5, 0.6) is 0 Å². The average molecular weight is 360 g/mol. The molecule has 0 aromatic heterocycles. The van der Waals surface area contributed by atoms with Crippen molar-refractivity contribution in [3.05, 3.63) is 59.1 Å². The minimum Gasteiger partial charge on any atom is -0.341 e. The molecule has 0 radical (unpaired) electrons. The Balaban J connectivity index is 2.10. The van der Waals surface area contributed by atoms with E-state index >= 15 is 0 Å². The summed E-state index contributed by atoms with van der Waals surface area (Å²) in [4.78, 5) is 24.0. The number of amides is 3. The molecule has 132 valence electrons. The van der Waals surface area contributed by atoms with Crippen LogP contribution in [-0.2, 0) is 4.79 Å². The molecule has 5 nitrogen and oxygen atoms in total. The minimum atomic E-state index is -0.292. The van der Waals surface area contributed by atoms with Crippen molar-refractivity contribution >= 4 is 34.9 Å². The largest absolute Gasteiger partial charge is 0.341 e. The number of carbonyl (C=O) groups is 2. The van der Waals surface area contributed by atoms with E-state index in [1.807, 2.05) is 26.0 Å². The highest BCUT2D eigenvalue weighted by Crippen LogP contribution is 2.27. The van der Waals surface area contributed by atoms with Gasteiger partial charge in [0.05, 0.1) is 5.92 Å². The molecule has 0 saturated carbocycles. The van der Waals surface area contributed by atoms with Crippen LogP contribution in [0.2, 0.25) is 5.02 Å². The normalized spacial score (nSPS) is 11.7. The maximum Gasteiger partial charge on any atom is 0.318 e. The zero-order valence-corrected chi connectivity index (χ0v) is 15.2. The van der Waals surface area contributed by atoms with Gasteiger partial charge in [-0.3, -0.25) is 4.79 Å². The highest BCUT2D eigenvalue weighted by atomic mass is 35.5. The summed E-state index contributed by atoms with van der Waals surface area (Å²) in [5.74, 6) is -0.222. The fourth-order valence-electron chi connectivity index (χ4n) is 2.56. The van der Waals surface area contributed by atoms with E-state index < -0.39 is 0 Å². The van der Waals surface area contributed by atoms with Gasteiger partial charge < -0.3 is 16.0 Å². The van der Waals surface area contributed by atoms with Gasteiger partial charge >= 0.3 is 6.03 Å². The van der Waals surface area contributed by atoms with Crippen LogP contribution in [0.15, 0.2) is 48.5 Å². The topological polar surface area (TPSA) is 70.2 Å². The van der Waals surface area contributed by atoms with E-state index in [4.69, 9.17) is 11.6 Å². The Hall–Kier alpha value is -2.53. The lowest BCUT2D eigenvalue weighted by molar-refractivity contribution is -0.118. The Kier molecular flexibility index (Phi) is 6.42. The number of hydrogen-bond donors (Lipinski definition) is 3. The van der Waals surface area contributed by atoms with Gasteiger partial charge in [0, 0.05) is 23.4 Å². The van der Waals surface area contributed by atoms with E-state index in [1.165, 1.54) is 0 Å². The summed E-state index contributed by atoms with van der Waals surface area (Å²) in [6.45, 7) is 4.02. The lowest BCUT2D eigenvalue weighted by Crippen LogP contribution is -2.25. The minimum absolute atomic E-state index is 0.0793. The SMILES string of the molecule is CNC(=O)Nc1ccc(NC(=O)[C@@H](c2ccc(Cl)cc2)C(C)C)cc1. The van der Waals surface area contributed by atoms with E-state index in [9.17, 15) is 9.59 Å². The molecule has 0 aliphatic heterocycles. The molecule has 25 heavy (non-hydrogen) atoms. The van der Waals surface area contributed by atoms with Gasteiger partial charge in [-0.15, -0.1) is 0 Å². The number of carbonyl (C=O) groups excluding carboxylic acids is 2. The van der Waals surface area contributed by atoms with E-state index in [1.54, 1.807) is 43.4 Å². The first-order chi connectivity index (χ1) is 11.9. The third kappa shape index (κ3) is 5.22. The summed E-state index contributed by atoms with van der Waals surface area (Å²) in [5.41, 5.74) is 2.25. The molecule has 3 N–H and O–H groups in total. The number of halogens is 1. The maximum atomic E-state index is 12.7. The maximum absolute atomic E-state index is 12.7. The molecule has 0 spiro atoms. The van der Waals surface area contributed by atoms with E-state index in [2.05, 4.69) is 16.0 Å². The molecule has 2 rings (SSSR count). The average Bonchev–Trinajstić information content (AvgIpc) is 2.58. The lowest BCUT2D eigenvalue weighted by Gasteiger charge is -2.21. The molecule has 2 aromatic carbocycles. The van der Waals surface area contributed by atoms with Crippen LogP contribution in [0, 0.1) is 5.92 Å². The smallest absolute Gasteiger partial charge is 0.318 e. The van der Waals surface area contributed by atoms with Gasteiger partial charge in [0.1, 0.15) is 0 Å². The number of nitrogens with one attached hydrogen (secondary N) is 3. The molecule has 0 fully saturated rings. The number of hydrogen-bond acceptors (Lipinski definition) is 2. The molecule has 0 aliphatic carbocycles. The van der Waals surface area contributed by atoms with Gasteiger partial charge in [-0.25, -0.2) is 4.79 Å². The highest BCUT2D eigenvalue weighted by molar-refractivity contribution is 6.30. The Bertz CT molecular complexity index is 727. The molecule has 3 amide bonds. The number of rotatable bonds is 5. The first-order valence-corrected chi connectivity index (χ1v) is 8.43. The highest BCUT2D eigenvalue weighted by Gasteiger charge is 2.24. The van der Waals surface area contributed by atoms with Crippen LogP contribution in [-0.4, -0.2) is 19.0 Å². The van der Waals surface area contributed by atoms with Crippen molar-refractivity contribution in [1.29, 1.82) is 0 Å². The third-order valence-electron chi connectivity index (χ3n) is 3.82. The quantitative estimate of drug-likeness (QED) is 0.737. The second kappa shape index (κ2) is 8.53. The van der Waals surface area contributed by atoms with Crippen LogP contribution in [0.4, 0.5) is 16.2 Å². The summed E-state index contributed by atoms with van der Waals surface area (Å²) in [6.07, 6.45) is 0. The predicted octanol–water partition coefficient (Wildman–Crippen LogP) is 4.47. The standard InChI is InChI=1S/C19H22ClN3O2/c1-12(2)17(13-4-6-14(20)7-5-13)18(24)22-15-8-10-16(11-9-15)23-19(25)21-3/h4-12,17H,1-3H3,(H,22,24)(H2,21,23,25)/t17-/m1/s1. The summed E-state index contributed by atoms with van der Waals surface area (Å²) < 4.78 is 0. The number of anilines is 2. The fraction of sp³-hybridized carbons (Fsp3) is 0.263. The summed E-state index contributed by atoms with van der Waals surface area (Å²) in [6, 6.07) is 14.0. The van der Waals surface area contributed by atoms with E-state index in [0.29, 0.717) is 16.4 Å². The van der Waals surface area contributed by atoms with Crippen molar-refractivity contribution in [1.82, 2.24) is 5.32 Å². The van der Waals surface area contributed by atoms with Crippen molar-refractivity contribution in [2.75, 3.05) is 17.7 Å². The molecular weight excluding hydrogens is 338 g/mol. The zero-order valence-electron chi connectivity index (χ0n) is 14.5. The predicted molar refractivity (Wildman–Crippen MR) is 102 cm³/mol. The van der Waals surface area contributed by atoms with Gasteiger partial charge in [0.25, 0.3) is 0 Å². The molecule has 0 aliphatic rings. The first-order valence-electron chi connectivity index (χ1n) is 8.06. The lowest BCUT2D eigenvalue weighted by atomic mass is 9.87. The van der Waals surface area contributed by atoms with Crippen LogP contribution in [0.25, 0.3) is 0 Å². The summed E-state index contributed by atoms with van der Waals surface area (Å²) >= 11 is 5.93. The Morgan fingerprint density at radius 1 is 0.880 bits per heavy atom. The van der Waals surface area contributed by atoms with Crippen molar-refractivity contribution in [2.45, 2.75) is 19.8 Å². The number of urea groups is 1. The molecule has 6 heteroatoms. The monoisotopic (exact) mass is 359 g/mol. The van der Waals surface area contributed by atoms with Gasteiger partial charge in [0.15, 0.2) is 0 Å². The van der Waals surface area contributed by atoms with Gasteiger partial charge in [-0.05, 0) is 47.9 Å². The molecule has 0 bridgehead atoms. The molecule has 0 saturated heterocycles. The molecular formula is C19H22ClN3O2. The third-order valence-corrected chi connectivity index (χ3v) is 4.07. The van der Waals surface area contributed by atoms with E-state index in [0.717, 1.165) is 5.56 Å². The molecule has 1 atom stereocenters. The second-order valence-electron chi connectivity index (χ2n) is 6.04. The van der Waals surface area contributed by atoms with Crippen molar-refractivity contribution in [3.8, 4) is 0 Å². The Morgan fingerprint density at radius 2 is 1.40 bits per heavy atom. The molecule has 2 aromatic rings. The van der Waals surface area contributed by atoms with E-state index in [-0.39, 0.29) is 23.8 Å². The molecule has 0 unspecified atom stereocenters. The fourth-order valence-corrected chi connectivity index (χ4v) is 2.69. The van der Waals surface area contributed by atoms with Gasteiger partial charge in [0.2, 0.25) is 5.91 Å². The number of benzene rings is 2.